The van der Waals surface area contributed by atoms with E-state index in [1.54, 1.807) is 0 Å². The maximum absolute atomic E-state index is 11.7. The molecule has 0 bridgehead atoms. The Morgan fingerprint density at radius 1 is 0.654 bits per heavy atom. The first-order valence-corrected chi connectivity index (χ1v) is 12.6. The molecule has 0 spiro atoms. The summed E-state index contributed by atoms with van der Waals surface area (Å²) in [6.07, 6.45) is 20.6. The van der Waals surface area contributed by atoms with E-state index in [0.29, 0.717) is 19.1 Å². The molecule has 0 aromatic rings. The Kier molecular flexibility index (Phi) is 21.3. The lowest BCUT2D eigenvalue weighted by atomic mass is 10.0. The van der Waals surface area contributed by atoms with Crippen molar-refractivity contribution < 1.29 is 13.6 Å². The van der Waals surface area contributed by atoms with Crippen LogP contribution in [0, 0.1) is 5.92 Å². The van der Waals surface area contributed by atoms with Crippen molar-refractivity contribution in [2.75, 3.05) is 13.2 Å². The fourth-order valence-corrected chi connectivity index (χ4v) is 3.87. The SMILES string of the molecule is CCCCCCCCCCCCCCO[P+](=O)OCC(CC)CCCC. The highest BCUT2D eigenvalue weighted by atomic mass is 31.1. The van der Waals surface area contributed by atoms with Crippen molar-refractivity contribution in [3.63, 3.8) is 0 Å². The van der Waals surface area contributed by atoms with Gasteiger partial charge in [-0.3, -0.25) is 0 Å². The molecule has 4 heteroatoms. The number of unbranched alkanes of at least 4 members (excludes halogenated alkanes) is 12. The van der Waals surface area contributed by atoms with Gasteiger partial charge in [0.15, 0.2) is 0 Å². The van der Waals surface area contributed by atoms with Gasteiger partial charge in [0.05, 0.1) is 0 Å². The van der Waals surface area contributed by atoms with Crippen molar-refractivity contribution in [1.82, 2.24) is 0 Å². The van der Waals surface area contributed by atoms with Crippen LogP contribution in [-0.2, 0) is 13.6 Å². The summed E-state index contributed by atoms with van der Waals surface area (Å²) in [4.78, 5) is 0. The van der Waals surface area contributed by atoms with Crippen molar-refractivity contribution >= 4 is 8.25 Å². The van der Waals surface area contributed by atoms with Crippen LogP contribution in [0.1, 0.15) is 124 Å². The molecule has 2 unspecified atom stereocenters. The van der Waals surface area contributed by atoms with Gasteiger partial charge in [0.25, 0.3) is 0 Å². The Bertz CT molecular complexity index is 297. The number of hydrogen-bond acceptors (Lipinski definition) is 3. The largest absolute Gasteiger partial charge is 0.697 e. The molecule has 0 N–H and O–H groups in total. The molecule has 0 aliphatic rings. The van der Waals surface area contributed by atoms with Crippen molar-refractivity contribution in [3.8, 4) is 0 Å². The summed E-state index contributed by atoms with van der Waals surface area (Å²) in [5.74, 6) is 0.518. The Morgan fingerprint density at radius 2 is 1.15 bits per heavy atom. The molecule has 0 aromatic carbocycles. The molecule has 0 aliphatic carbocycles. The minimum absolute atomic E-state index is 0.518. The minimum Gasteiger partial charge on any atom is -0.119 e. The average Bonchev–Trinajstić information content (AvgIpc) is 2.65. The van der Waals surface area contributed by atoms with Crippen molar-refractivity contribution in [2.45, 2.75) is 124 Å². The molecule has 0 saturated heterocycles. The molecule has 0 rings (SSSR count). The van der Waals surface area contributed by atoms with E-state index in [1.807, 2.05) is 0 Å². The number of rotatable bonds is 21. The Hall–Kier alpha value is 0.0200. The topological polar surface area (TPSA) is 35.5 Å². The Morgan fingerprint density at radius 3 is 1.65 bits per heavy atom. The molecule has 156 valence electrons. The fraction of sp³-hybridized carbons (Fsp3) is 1.00. The normalized spacial score (nSPS) is 13.1. The second kappa shape index (κ2) is 21.3. The van der Waals surface area contributed by atoms with E-state index in [-0.39, 0.29) is 0 Å². The van der Waals surface area contributed by atoms with Crippen LogP contribution in [-0.4, -0.2) is 13.2 Å². The highest BCUT2D eigenvalue weighted by Gasteiger charge is 2.22. The minimum atomic E-state index is -1.92. The van der Waals surface area contributed by atoms with Gasteiger partial charge in [-0.25, -0.2) is 0 Å². The molecule has 0 fully saturated rings. The van der Waals surface area contributed by atoms with Crippen LogP contribution in [0.5, 0.6) is 0 Å². The average molecular weight is 390 g/mol. The molecule has 26 heavy (non-hydrogen) atoms. The molecule has 0 radical (unpaired) electrons. The summed E-state index contributed by atoms with van der Waals surface area (Å²) in [7, 11) is -1.92. The van der Waals surface area contributed by atoms with Crippen molar-refractivity contribution in [2.24, 2.45) is 5.92 Å². The van der Waals surface area contributed by atoms with Gasteiger partial charge in [0.1, 0.15) is 13.2 Å². The predicted molar refractivity (Wildman–Crippen MR) is 114 cm³/mol. The molecule has 0 aliphatic heterocycles. The highest BCUT2D eigenvalue weighted by Crippen LogP contribution is 2.27. The molecule has 3 nitrogen and oxygen atoms in total. The van der Waals surface area contributed by atoms with Crippen LogP contribution >= 0.6 is 8.25 Å². The van der Waals surface area contributed by atoms with Gasteiger partial charge in [0, 0.05) is 4.57 Å². The standard InChI is InChI=1S/C22H46O3P/c1-4-7-9-10-11-12-13-14-15-16-17-18-20-24-26(23)25-21-22(6-3)19-8-5-2/h22H,4-21H2,1-3H3/q+1. The van der Waals surface area contributed by atoms with E-state index in [0.717, 1.165) is 19.3 Å². The fourth-order valence-electron chi connectivity index (χ4n) is 3.18. The van der Waals surface area contributed by atoms with Crippen molar-refractivity contribution in [1.29, 1.82) is 0 Å². The maximum atomic E-state index is 11.7. The lowest BCUT2D eigenvalue weighted by molar-refractivity contribution is 0.187. The molecule has 0 aromatic heterocycles. The lowest BCUT2D eigenvalue weighted by Gasteiger charge is -2.09. The smallest absolute Gasteiger partial charge is 0.119 e. The predicted octanol–water partition coefficient (Wildman–Crippen LogP) is 8.59. The summed E-state index contributed by atoms with van der Waals surface area (Å²) >= 11 is 0. The van der Waals surface area contributed by atoms with Crippen LogP contribution in [0.15, 0.2) is 0 Å². The first-order valence-electron chi connectivity index (χ1n) is 11.5. The van der Waals surface area contributed by atoms with Crippen LogP contribution in [0.4, 0.5) is 0 Å². The van der Waals surface area contributed by atoms with Crippen LogP contribution in [0.2, 0.25) is 0 Å². The Balaban J connectivity index is 3.30. The quantitative estimate of drug-likeness (QED) is 0.146. The van der Waals surface area contributed by atoms with E-state index in [4.69, 9.17) is 9.05 Å². The van der Waals surface area contributed by atoms with E-state index >= 15 is 0 Å². The molecule has 0 saturated carbocycles. The second-order valence-electron chi connectivity index (χ2n) is 7.66. The summed E-state index contributed by atoms with van der Waals surface area (Å²) in [5.41, 5.74) is 0. The molecule has 2 atom stereocenters. The second-order valence-corrected chi connectivity index (χ2v) is 8.62. The molecular weight excluding hydrogens is 343 g/mol. The number of hydrogen-bond donors (Lipinski definition) is 0. The third-order valence-electron chi connectivity index (χ3n) is 5.15. The first-order chi connectivity index (χ1) is 12.7. The zero-order valence-corrected chi connectivity index (χ0v) is 18.9. The third-order valence-corrected chi connectivity index (χ3v) is 5.91. The van der Waals surface area contributed by atoms with Crippen LogP contribution in [0.3, 0.4) is 0 Å². The maximum Gasteiger partial charge on any atom is 0.697 e. The first kappa shape index (κ1) is 26.0. The van der Waals surface area contributed by atoms with Gasteiger partial charge >= 0.3 is 8.25 Å². The van der Waals surface area contributed by atoms with E-state index in [9.17, 15) is 4.57 Å². The summed E-state index contributed by atoms with van der Waals surface area (Å²) in [6.45, 7) is 7.78. The lowest BCUT2D eigenvalue weighted by Crippen LogP contribution is -2.06. The van der Waals surface area contributed by atoms with Gasteiger partial charge in [-0.1, -0.05) is 111 Å². The Labute approximate surface area is 165 Å². The van der Waals surface area contributed by atoms with Gasteiger partial charge in [0.2, 0.25) is 0 Å². The highest BCUT2D eigenvalue weighted by molar-refractivity contribution is 7.33. The van der Waals surface area contributed by atoms with Crippen molar-refractivity contribution in [3.05, 3.63) is 0 Å². The zero-order valence-electron chi connectivity index (χ0n) is 18.0. The van der Waals surface area contributed by atoms with E-state index in [2.05, 4.69) is 20.8 Å². The summed E-state index contributed by atoms with van der Waals surface area (Å²) < 4.78 is 22.4. The molecular formula is C22H46O3P+. The van der Waals surface area contributed by atoms with Crippen LogP contribution < -0.4 is 0 Å². The molecule has 0 amide bonds. The van der Waals surface area contributed by atoms with Gasteiger partial charge in [-0.05, 0) is 18.8 Å². The van der Waals surface area contributed by atoms with E-state index in [1.165, 1.54) is 83.5 Å². The third kappa shape index (κ3) is 18.8. The monoisotopic (exact) mass is 389 g/mol. The summed E-state index contributed by atoms with van der Waals surface area (Å²) in [6, 6.07) is 0. The zero-order chi connectivity index (χ0) is 19.3. The summed E-state index contributed by atoms with van der Waals surface area (Å²) in [5, 5.41) is 0. The van der Waals surface area contributed by atoms with Gasteiger partial charge < -0.3 is 0 Å². The van der Waals surface area contributed by atoms with Gasteiger partial charge in [-0.2, -0.15) is 0 Å². The van der Waals surface area contributed by atoms with E-state index < -0.39 is 8.25 Å². The van der Waals surface area contributed by atoms with Gasteiger partial charge in [-0.15, -0.1) is 9.05 Å². The molecule has 0 heterocycles. The van der Waals surface area contributed by atoms with Crippen LogP contribution in [0.25, 0.3) is 0 Å².